The molecular formula is C22H29NO3S. The molecule has 3 atom stereocenters. The first-order chi connectivity index (χ1) is 13.2. The number of hydrogen-bond acceptors (Lipinski definition) is 4. The lowest BCUT2D eigenvalue weighted by Gasteiger charge is -2.22. The maximum Gasteiger partial charge on any atom is 0.249 e. The standard InChI is InChI=1S/C22H29NO3S/c1-3-6-17-9-11-18(12-10-17)21(20-8-5-14-27-20)23-22(24)16(2)26-15-19-7-4-13-25-19/h5,8-12,14,16,19,21H,3-4,6-7,13,15H2,1-2H3,(H,23,24)/t16-,19-,21+/m1/s1. The predicted molar refractivity (Wildman–Crippen MR) is 109 cm³/mol. The van der Waals surface area contributed by atoms with Gasteiger partial charge in [0, 0.05) is 11.5 Å². The monoisotopic (exact) mass is 387 g/mol. The summed E-state index contributed by atoms with van der Waals surface area (Å²) in [6.07, 6.45) is 3.91. The first kappa shape index (κ1) is 20.1. The van der Waals surface area contributed by atoms with Crippen molar-refractivity contribution in [3.63, 3.8) is 0 Å². The number of rotatable bonds is 9. The van der Waals surface area contributed by atoms with Crippen molar-refractivity contribution >= 4 is 17.2 Å². The summed E-state index contributed by atoms with van der Waals surface area (Å²) in [7, 11) is 0. The van der Waals surface area contributed by atoms with Crippen molar-refractivity contribution in [2.24, 2.45) is 0 Å². The molecule has 1 saturated heterocycles. The summed E-state index contributed by atoms with van der Waals surface area (Å²) in [6.45, 7) is 5.26. The lowest BCUT2D eigenvalue weighted by Crippen LogP contribution is -2.38. The first-order valence-corrected chi connectivity index (χ1v) is 10.7. The van der Waals surface area contributed by atoms with Gasteiger partial charge in [-0.15, -0.1) is 11.3 Å². The minimum absolute atomic E-state index is 0.0935. The molecule has 146 valence electrons. The third-order valence-corrected chi connectivity index (χ3v) is 5.83. The number of aryl methyl sites for hydroxylation is 1. The molecule has 0 bridgehead atoms. The fraction of sp³-hybridized carbons (Fsp3) is 0.500. The lowest BCUT2D eigenvalue weighted by atomic mass is 10.0. The van der Waals surface area contributed by atoms with Gasteiger partial charge in [-0.05, 0) is 48.8 Å². The van der Waals surface area contributed by atoms with Crippen molar-refractivity contribution in [2.45, 2.75) is 57.8 Å². The summed E-state index contributed by atoms with van der Waals surface area (Å²) in [6, 6.07) is 12.5. The Morgan fingerprint density at radius 1 is 1.33 bits per heavy atom. The van der Waals surface area contributed by atoms with Crippen molar-refractivity contribution in [3.8, 4) is 0 Å². The summed E-state index contributed by atoms with van der Waals surface area (Å²) < 4.78 is 11.3. The van der Waals surface area contributed by atoms with Crippen LogP contribution in [0.1, 0.15) is 55.2 Å². The lowest BCUT2D eigenvalue weighted by molar-refractivity contribution is -0.134. The van der Waals surface area contributed by atoms with E-state index < -0.39 is 6.10 Å². The molecule has 3 rings (SSSR count). The van der Waals surface area contributed by atoms with Crippen molar-refractivity contribution < 1.29 is 14.3 Å². The number of amides is 1. The molecule has 0 radical (unpaired) electrons. The highest BCUT2D eigenvalue weighted by Gasteiger charge is 2.23. The van der Waals surface area contributed by atoms with Crippen LogP contribution >= 0.6 is 11.3 Å². The minimum Gasteiger partial charge on any atom is -0.376 e. The number of carbonyl (C=O) groups excluding carboxylic acids is 1. The molecule has 1 fully saturated rings. The Labute approximate surface area is 165 Å². The highest BCUT2D eigenvalue weighted by Crippen LogP contribution is 2.27. The van der Waals surface area contributed by atoms with E-state index in [1.807, 2.05) is 11.4 Å². The van der Waals surface area contributed by atoms with Crippen molar-refractivity contribution in [3.05, 3.63) is 57.8 Å². The van der Waals surface area contributed by atoms with Crippen LogP contribution in [0.15, 0.2) is 41.8 Å². The molecule has 0 unspecified atom stereocenters. The van der Waals surface area contributed by atoms with Gasteiger partial charge in [0.05, 0.1) is 18.8 Å². The zero-order valence-corrected chi connectivity index (χ0v) is 17.0. The van der Waals surface area contributed by atoms with Gasteiger partial charge in [-0.2, -0.15) is 0 Å². The van der Waals surface area contributed by atoms with E-state index in [-0.39, 0.29) is 18.1 Å². The second kappa shape index (κ2) is 10.0. The average molecular weight is 388 g/mol. The fourth-order valence-electron chi connectivity index (χ4n) is 3.30. The Bertz CT molecular complexity index is 693. The normalized spacial score (nSPS) is 19.0. The van der Waals surface area contributed by atoms with Crippen molar-refractivity contribution in [1.82, 2.24) is 5.32 Å². The molecule has 1 aromatic heterocycles. The van der Waals surface area contributed by atoms with E-state index in [1.165, 1.54) is 5.56 Å². The molecule has 1 aromatic carbocycles. The number of thiophene rings is 1. The Balaban J connectivity index is 1.65. The van der Waals surface area contributed by atoms with Crippen LogP contribution < -0.4 is 5.32 Å². The van der Waals surface area contributed by atoms with E-state index in [0.717, 1.165) is 42.7 Å². The van der Waals surface area contributed by atoms with E-state index in [2.05, 4.69) is 42.6 Å². The van der Waals surface area contributed by atoms with Gasteiger partial charge < -0.3 is 14.8 Å². The van der Waals surface area contributed by atoms with Gasteiger partial charge in [-0.25, -0.2) is 0 Å². The fourth-order valence-corrected chi connectivity index (χ4v) is 4.10. The number of nitrogens with one attached hydrogen (secondary N) is 1. The molecule has 0 spiro atoms. The molecule has 5 heteroatoms. The maximum absolute atomic E-state index is 12.7. The number of ether oxygens (including phenoxy) is 2. The highest BCUT2D eigenvalue weighted by atomic mass is 32.1. The van der Waals surface area contributed by atoms with Crippen LogP contribution in [0.2, 0.25) is 0 Å². The Kier molecular flexibility index (Phi) is 7.44. The molecule has 2 aromatic rings. The molecule has 0 aliphatic carbocycles. The van der Waals surface area contributed by atoms with Gasteiger partial charge in [-0.3, -0.25) is 4.79 Å². The van der Waals surface area contributed by atoms with Gasteiger partial charge >= 0.3 is 0 Å². The van der Waals surface area contributed by atoms with Gasteiger partial charge in [0.15, 0.2) is 0 Å². The quantitative estimate of drug-likeness (QED) is 0.690. The predicted octanol–water partition coefficient (Wildman–Crippen LogP) is 4.49. The molecule has 2 heterocycles. The van der Waals surface area contributed by atoms with Crippen LogP contribution in [-0.2, 0) is 20.7 Å². The number of benzene rings is 1. The van der Waals surface area contributed by atoms with Gasteiger partial charge in [0.2, 0.25) is 5.91 Å². The summed E-state index contributed by atoms with van der Waals surface area (Å²) in [5.74, 6) is -0.0935. The van der Waals surface area contributed by atoms with Gasteiger partial charge in [0.25, 0.3) is 0 Å². The van der Waals surface area contributed by atoms with Crippen LogP contribution in [0.25, 0.3) is 0 Å². The van der Waals surface area contributed by atoms with Crippen molar-refractivity contribution in [2.75, 3.05) is 13.2 Å². The number of hydrogen-bond donors (Lipinski definition) is 1. The van der Waals surface area contributed by atoms with Crippen LogP contribution in [-0.4, -0.2) is 31.3 Å². The summed E-state index contributed by atoms with van der Waals surface area (Å²) in [4.78, 5) is 13.8. The van der Waals surface area contributed by atoms with Crippen LogP contribution in [0.3, 0.4) is 0 Å². The van der Waals surface area contributed by atoms with E-state index in [9.17, 15) is 4.79 Å². The molecule has 1 amide bonds. The number of carbonyl (C=O) groups is 1. The summed E-state index contributed by atoms with van der Waals surface area (Å²) >= 11 is 1.65. The first-order valence-electron chi connectivity index (χ1n) is 9.83. The zero-order chi connectivity index (χ0) is 19.1. The molecule has 1 aliphatic rings. The second-order valence-corrected chi connectivity index (χ2v) is 8.04. The van der Waals surface area contributed by atoms with Crippen molar-refractivity contribution in [1.29, 1.82) is 0 Å². The van der Waals surface area contributed by atoms with E-state index in [4.69, 9.17) is 9.47 Å². The SMILES string of the molecule is CCCc1ccc([C@H](NC(=O)[C@@H](C)OC[C@H]2CCCO2)c2cccs2)cc1. The Morgan fingerprint density at radius 3 is 2.78 bits per heavy atom. The van der Waals surface area contributed by atoms with E-state index in [1.54, 1.807) is 18.3 Å². The van der Waals surface area contributed by atoms with Crippen LogP contribution in [0.5, 0.6) is 0 Å². The summed E-state index contributed by atoms with van der Waals surface area (Å²) in [5, 5.41) is 5.21. The van der Waals surface area contributed by atoms with Gasteiger partial charge in [-0.1, -0.05) is 43.7 Å². The molecule has 1 N–H and O–H groups in total. The van der Waals surface area contributed by atoms with Crippen LogP contribution in [0, 0.1) is 0 Å². The molecule has 0 saturated carbocycles. The largest absolute Gasteiger partial charge is 0.376 e. The maximum atomic E-state index is 12.7. The van der Waals surface area contributed by atoms with E-state index >= 15 is 0 Å². The molecule has 27 heavy (non-hydrogen) atoms. The zero-order valence-electron chi connectivity index (χ0n) is 16.1. The van der Waals surface area contributed by atoms with E-state index in [0.29, 0.717) is 6.61 Å². The third kappa shape index (κ3) is 5.64. The average Bonchev–Trinajstić information content (AvgIpc) is 3.39. The smallest absolute Gasteiger partial charge is 0.249 e. The minimum atomic E-state index is -0.504. The molecule has 4 nitrogen and oxygen atoms in total. The third-order valence-electron chi connectivity index (χ3n) is 4.89. The Hall–Kier alpha value is -1.69. The second-order valence-electron chi connectivity index (χ2n) is 7.06. The van der Waals surface area contributed by atoms with Gasteiger partial charge in [0.1, 0.15) is 6.10 Å². The van der Waals surface area contributed by atoms with Crippen LogP contribution in [0.4, 0.5) is 0 Å². The molecular weight excluding hydrogens is 358 g/mol. The molecule has 1 aliphatic heterocycles. The highest BCUT2D eigenvalue weighted by molar-refractivity contribution is 7.10. The Morgan fingerprint density at radius 2 is 2.15 bits per heavy atom. The summed E-state index contributed by atoms with van der Waals surface area (Å²) in [5.41, 5.74) is 2.42. The topological polar surface area (TPSA) is 47.6 Å².